The number of likely N-dealkylation sites (tertiary alicyclic amines) is 2. The lowest BCUT2D eigenvalue weighted by Gasteiger charge is -2.41. The van der Waals surface area contributed by atoms with Crippen molar-refractivity contribution in [2.45, 2.75) is 38.6 Å². The number of hydrogen-bond donors (Lipinski definition) is 0. The molecule has 0 bridgehead atoms. The first-order valence-electron chi connectivity index (χ1n) is 8.64. The molecule has 5 nitrogen and oxygen atoms in total. The van der Waals surface area contributed by atoms with E-state index in [1.54, 1.807) is 17.6 Å². The number of aromatic nitrogens is 1. The molecule has 2 saturated heterocycles. The molecule has 2 aromatic rings. The van der Waals surface area contributed by atoms with Crippen LogP contribution in [-0.2, 0) is 17.8 Å². The Bertz CT molecular complexity index is 657. The normalized spacial score (nSPS) is 28.3. The van der Waals surface area contributed by atoms with E-state index in [0.29, 0.717) is 18.1 Å². The van der Waals surface area contributed by atoms with Gasteiger partial charge >= 0.3 is 0 Å². The van der Waals surface area contributed by atoms with Crippen LogP contribution in [0.1, 0.15) is 22.7 Å². The topological polar surface area (TPSA) is 41.7 Å². The number of hydrogen-bond acceptors (Lipinski definition) is 6. The highest BCUT2D eigenvalue weighted by atomic mass is 32.1. The second-order valence-corrected chi connectivity index (χ2v) is 8.01. The molecule has 4 rings (SSSR count). The zero-order chi connectivity index (χ0) is 16.5. The summed E-state index contributed by atoms with van der Waals surface area (Å²) in [6.45, 7) is 7.28. The van der Waals surface area contributed by atoms with Gasteiger partial charge in [-0.1, -0.05) is 0 Å². The second-order valence-electron chi connectivity index (χ2n) is 6.95. The second kappa shape index (κ2) is 6.96. The summed E-state index contributed by atoms with van der Waals surface area (Å²) in [4.78, 5) is 9.78. The van der Waals surface area contributed by atoms with Crippen LogP contribution in [0.4, 0.5) is 0 Å². The third-order valence-corrected chi connectivity index (χ3v) is 6.20. The van der Waals surface area contributed by atoms with Crippen molar-refractivity contribution in [3.8, 4) is 0 Å². The Morgan fingerprint density at radius 2 is 2.29 bits per heavy atom. The molecule has 0 N–H and O–H groups in total. The van der Waals surface area contributed by atoms with Crippen LogP contribution in [0.5, 0.6) is 0 Å². The van der Waals surface area contributed by atoms with Gasteiger partial charge in [-0.3, -0.25) is 9.80 Å². The minimum absolute atomic E-state index is 0.373. The van der Waals surface area contributed by atoms with Crippen molar-refractivity contribution in [1.29, 1.82) is 0 Å². The lowest BCUT2D eigenvalue weighted by molar-refractivity contribution is -0.0245. The average Bonchev–Trinajstić information content (AvgIpc) is 3.29. The first kappa shape index (κ1) is 16.3. The molecule has 0 amide bonds. The van der Waals surface area contributed by atoms with Crippen molar-refractivity contribution < 1.29 is 9.15 Å². The summed E-state index contributed by atoms with van der Waals surface area (Å²) in [5.74, 6) is 0.579. The minimum Gasteiger partial charge on any atom is -0.472 e. The zero-order valence-electron chi connectivity index (χ0n) is 14.4. The van der Waals surface area contributed by atoms with E-state index in [2.05, 4.69) is 33.2 Å². The lowest BCUT2D eigenvalue weighted by atomic mass is 9.89. The number of fused-ring (bicyclic) bond motifs is 1. The molecule has 2 aliphatic rings. The summed E-state index contributed by atoms with van der Waals surface area (Å²) < 4.78 is 11.0. The van der Waals surface area contributed by atoms with E-state index < -0.39 is 0 Å². The fourth-order valence-electron chi connectivity index (χ4n) is 4.26. The van der Waals surface area contributed by atoms with Crippen LogP contribution in [0.25, 0.3) is 0 Å². The van der Waals surface area contributed by atoms with Crippen LogP contribution in [-0.4, -0.2) is 53.7 Å². The summed E-state index contributed by atoms with van der Waals surface area (Å²) in [6, 6.07) is 2.63. The molecule has 2 fully saturated rings. The van der Waals surface area contributed by atoms with Gasteiger partial charge < -0.3 is 9.15 Å². The van der Waals surface area contributed by atoms with Gasteiger partial charge in [0.25, 0.3) is 0 Å². The lowest BCUT2D eigenvalue weighted by Crippen LogP contribution is -2.50. The highest BCUT2D eigenvalue weighted by Crippen LogP contribution is 2.34. The minimum atomic E-state index is 0.373. The van der Waals surface area contributed by atoms with Crippen LogP contribution in [0, 0.1) is 12.8 Å². The maximum atomic E-state index is 5.81. The molecule has 0 spiro atoms. The van der Waals surface area contributed by atoms with Gasteiger partial charge in [0.1, 0.15) is 0 Å². The molecule has 130 valence electrons. The van der Waals surface area contributed by atoms with Gasteiger partial charge in [0, 0.05) is 62.7 Å². The van der Waals surface area contributed by atoms with Gasteiger partial charge in [-0.25, -0.2) is 4.98 Å². The van der Waals surface area contributed by atoms with E-state index >= 15 is 0 Å². The molecular formula is C18H25N3O2S. The van der Waals surface area contributed by atoms with Crippen molar-refractivity contribution in [2.24, 2.45) is 5.92 Å². The first-order chi connectivity index (χ1) is 11.7. The van der Waals surface area contributed by atoms with Gasteiger partial charge in [-0.2, -0.15) is 0 Å². The predicted octanol–water partition coefficient (Wildman–Crippen LogP) is 2.77. The summed E-state index contributed by atoms with van der Waals surface area (Å²) in [6.07, 6.45) is 5.11. The van der Waals surface area contributed by atoms with Crippen molar-refractivity contribution in [3.63, 3.8) is 0 Å². The van der Waals surface area contributed by atoms with Gasteiger partial charge in [0.15, 0.2) is 0 Å². The van der Waals surface area contributed by atoms with Crippen LogP contribution in [0.2, 0.25) is 0 Å². The number of methoxy groups -OCH3 is 1. The Hall–Kier alpha value is -1.21. The van der Waals surface area contributed by atoms with Gasteiger partial charge in [0.05, 0.1) is 29.3 Å². The Morgan fingerprint density at radius 3 is 3.00 bits per heavy atom. The Kier molecular flexibility index (Phi) is 4.72. The summed E-state index contributed by atoms with van der Waals surface area (Å²) in [5.41, 5.74) is 2.46. The van der Waals surface area contributed by atoms with E-state index in [1.807, 2.05) is 13.4 Å². The molecule has 4 heterocycles. The molecule has 6 heteroatoms. The fourth-order valence-corrected chi connectivity index (χ4v) is 4.87. The molecule has 0 aromatic carbocycles. The van der Waals surface area contributed by atoms with E-state index in [0.717, 1.165) is 44.2 Å². The van der Waals surface area contributed by atoms with Gasteiger partial charge in [-0.05, 0) is 19.4 Å². The monoisotopic (exact) mass is 347 g/mol. The number of aryl methyl sites for hydroxylation is 1. The van der Waals surface area contributed by atoms with Crippen molar-refractivity contribution in [3.05, 3.63) is 40.2 Å². The van der Waals surface area contributed by atoms with Gasteiger partial charge in [-0.15, -0.1) is 11.3 Å². The molecule has 0 radical (unpaired) electrons. The Balaban J connectivity index is 1.46. The number of thiazole rings is 1. The van der Waals surface area contributed by atoms with Gasteiger partial charge in [0.2, 0.25) is 0 Å². The molecule has 24 heavy (non-hydrogen) atoms. The smallest absolute Gasteiger partial charge is 0.0947 e. The largest absolute Gasteiger partial charge is 0.472 e. The molecule has 2 aliphatic heterocycles. The van der Waals surface area contributed by atoms with Crippen molar-refractivity contribution >= 4 is 11.3 Å². The van der Waals surface area contributed by atoms with Crippen LogP contribution in [0.3, 0.4) is 0 Å². The number of furan rings is 1. The fraction of sp³-hybridized carbons (Fsp3) is 0.611. The van der Waals surface area contributed by atoms with Crippen molar-refractivity contribution in [1.82, 2.24) is 14.8 Å². The Morgan fingerprint density at radius 1 is 1.38 bits per heavy atom. The number of piperidine rings is 1. The Labute approximate surface area is 147 Å². The van der Waals surface area contributed by atoms with Crippen LogP contribution < -0.4 is 0 Å². The third-order valence-electron chi connectivity index (χ3n) is 5.38. The highest BCUT2D eigenvalue weighted by Gasteiger charge is 2.44. The average molecular weight is 347 g/mol. The quantitative estimate of drug-likeness (QED) is 0.832. The van der Waals surface area contributed by atoms with Crippen molar-refractivity contribution in [2.75, 3.05) is 26.7 Å². The van der Waals surface area contributed by atoms with Crippen LogP contribution in [0.15, 0.2) is 28.4 Å². The maximum Gasteiger partial charge on any atom is 0.0947 e. The zero-order valence-corrected chi connectivity index (χ0v) is 15.2. The third kappa shape index (κ3) is 3.28. The predicted molar refractivity (Wildman–Crippen MR) is 93.9 cm³/mol. The molecule has 0 unspecified atom stereocenters. The highest BCUT2D eigenvalue weighted by molar-refractivity contribution is 7.09. The summed E-state index contributed by atoms with van der Waals surface area (Å²) >= 11 is 1.74. The maximum absolute atomic E-state index is 5.81. The molecule has 0 saturated carbocycles. The van der Waals surface area contributed by atoms with E-state index in [1.165, 1.54) is 11.3 Å². The SMILES string of the molecule is CO[C@H]1CCN(Cc2ccoc2)[C@@H]2CN(Cc3csc(C)n3)C[C@H]12. The van der Waals surface area contributed by atoms with E-state index in [9.17, 15) is 0 Å². The standard InChI is InChI=1S/C18H25N3O2S/c1-13-19-15(12-24-13)8-20-9-16-17(10-20)21(5-3-18(16)22-2)7-14-4-6-23-11-14/h4,6,11-12,16-18H,3,5,7-10H2,1-2H3/t16-,17+,18-/m0/s1. The number of ether oxygens (including phenoxy) is 1. The van der Waals surface area contributed by atoms with E-state index in [-0.39, 0.29) is 0 Å². The summed E-state index contributed by atoms with van der Waals surface area (Å²) in [5, 5.41) is 3.34. The molecule has 2 aromatic heterocycles. The molecular weight excluding hydrogens is 322 g/mol. The number of nitrogens with zero attached hydrogens (tertiary/aromatic N) is 3. The molecule has 0 aliphatic carbocycles. The summed E-state index contributed by atoms with van der Waals surface area (Å²) in [7, 11) is 1.86. The molecule has 3 atom stereocenters. The number of rotatable bonds is 5. The van der Waals surface area contributed by atoms with E-state index in [4.69, 9.17) is 9.15 Å². The first-order valence-corrected chi connectivity index (χ1v) is 9.52. The van der Waals surface area contributed by atoms with Crippen LogP contribution >= 0.6 is 11.3 Å².